The van der Waals surface area contributed by atoms with Gasteiger partial charge in [0.2, 0.25) is 5.91 Å². The highest BCUT2D eigenvalue weighted by atomic mass is 79.9. The molecule has 1 aromatic heterocycles. The van der Waals surface area contributed by atoms with Crippen LogP contribution in [0.3, 0.4) is 0 Å². The van der Waals surface area contributed by atoms with E-state index in [0.717, 1.165) is 28.6 Å². The monoisotopic (exact) mass is 571 g/mol. The molecule has 6 nitrogen and oxygen atoms in total. The second kappa shape index (κ2) is 14.7. The van der Waals surface area contributed by atoms with Crippen molar-refractivity contribution in [2.75, 3.05) is 33.4 Å². The van der Waals surface area contributed by atoms with E-state index in [9.17, 15) is 14.0 Å². The zero-order valence-electron chi connectivity index (χ0n) is 21.5. The van der Waals surface area contributed by atoms with Crippen molar-refractivity contribution in [3.63, 3.8) is 0 Å². The Kier molecular flexibility index (Phi) is 11.4. The van der Waals surface area contributed by atoms with Crippen molar-refractivity contribution in [2.45, 2.75) is 39.3 Å². The molecule has 0 aliphatic rings. The standard InChI is InChI=1S/C29H35BrFN3O3/c1-3-4-16-33(21-25-9-7-17-32(25)20-23-12-14-24(30)15-13-23)28(35)22-34(18-8-19-37-2)29(36)26-10-5-6-11-27(26)31/h5-7,9-15,17H,3-4,8,16,18-22H2,1-2H3. The van der Waals surface area contributed by atoms with Crippen LogP contribution in [0.5, 0.6) is 0 Å². The number of amides is 2. The summed E-state index contributed by atoms with van der Waals surface area (Å²) in [6.07, 6.45) is 4.35. The van der Waals surface area contributed by atoms with E-state index < -0.39 is 11.7 Å². The van der Waals surface area contributed by atoms with Crippen LogP contribution in [0.4, 0.5) is 4.39 Å². The Morgan fingerprint density at radius 3 is 2.41 bits per heavy atom. The molecule has 0 fully saturated rings. The summed E-state index contributed by atoms with van der Waals surface area (Å²) in [6, 6.07) is 18.0. The number of hydrogen-bond acceptors (Lipinski definition) is 3. The van der Waals surface area contributed by atoms with E-state index >= 15 is 0 Å². The van der Waals surface area contributed by atoms with Crippen molar-refractivity contribution in [1.29, 1.82) is 0 Å². The molecule has 2 aromatic carbocycles. The number of hydrogen-bond donors (Lipinski definition) is 0. The smallest absolute Gasteiger partial charge is 0.257 e. The maximum absolute atomic E-state index is 14.4. The quantitative estimate of drug-likeness (QED) is 0.232. The maximum Gasteiger partial charge on any atom is 0.257 e. The molecule has 3 rings (SSSR count). The Labute approximate surface area is 227 Å². The van der Waals surface area contributed by atoms with Crippen molar-refractivity contribution in [2.24, 2.45) is 0 Å². The molecule has 0 unspecified atom stereocenters. The van der Waals surface area contributed by atoms with Gasteiger partial charge in [0, 0.05) is 49.7 Å². The summed E-state index contributed by atoms with van der Waals surface area (Å²) in [5.41, 5.74) is 2.14. The fourth-order valence-electron chi connectivity index (χ4n) is 4.09. The highest BCUT2D eigenvalue weighted by Crippen LogP contribution is 2.16. The SMILES string of the molecule is CCCCN(Cc1cccn1Cc1ccc(Br)cc1)C(=O)CN(CCCOC)C(=O)c1ccccc1F. The molecular weight excluding hydrogens is 537 g/mol. The molecule has 8 heteroatoms. The number of carbonyl (C=O) groups excluding carboxylic acids is 2. The van der Waals surface area contributed by atoms with Gasteiger partial charge in [-0.3, -0.25) is 9.59 Å². The molecule has 1 heterocycles. The topological polar surface area (TPSA) is 54.8 Å². The number of ether oxygens (including phenoxy) is 1. The van der Waals surface area contributed by atoms with Crippen LogP contribution in [0, 0.1) is 5.82 Å². The number of methoxy groups -OCH3 is 1. The summed E-state index contributed by atoms with van der Waals surface area (Å²) >= 11 is 3.47. The third-order valence-corrected chi connectivity index (χ3v) is 6.70. The Hall–Kier alpha value is -2.97. The third kappa shape index (κ3) is 8.54. The van der Waals surface area contributed by atoms with Gasteiger partial charge in [0.05, 0.1) is 12.1 Å². The molecule has 0 saturated heterocycles. The molecular formula is C29H35BrFN3O3. The first kappa shape index (κ1) is 28.6. The van der Waals surface area contributed by atoms with Crippen LogP contribution < -0.4 is 0 Å². The van der Waals surface area contributed by atoms with Gasteiger partial charge in [-0.2, -0.15) is 0 Å². The van der Waals surface area contributed by atoms with Gasteiger partial charge in [0.25, 0.3) is 5.91 Å². The van der Waals surface area contributed by atoms with E-state index in [1.54, 1.807) is 24.1 Å². The van der Waals surface area contributed by atoms with Crippen LogP contribution in [0.15, 0.2) is 71.3 Å². The van der Waals surface area contributed by atoms with E-state index in [-0.39, 0.29) is 18.0 Å². The zero-order valence-corrected chi connectivity index (χ0v) is 23.1. The van der Waals surface area contributed by atoms with Crippen molar-refractivity contribution in [1.82, 2.24) is 14.4 Å². The number of aromatic nitrogens is 1. The molecule has 0 radical (unpaired) electrons. The van der Waals surface area contributed by atoms with Gasteiger partial charge >= 0.3 is 0 Å². The van der Waals surface area contributed by atoms with Crippen molar-refractivity contribution in [3.05, 3.63) is 94.0 Å². The molecule has 0 aliphatic carbocycles. The Balaban J connectivity index is 1.76. The Morgan fingerprint density at radius 1 is 0.973 bits per heavy atom. The van der Waals surface area contributed by atoms with Gasteiger partial charge in [-0.25, -0.2) is 4.39 Å². The van der Waals surface area contributed by atoms with Crippen LogP contribution in [-0.2, 0) is 22.6 Å². The minimum absolute atomic E-state index is 0.0313. The molecule has 0 atom stereocenters. The van der Waals surface area contributed by atoms with Crippen LogP contribution in [-0.4, -0.2) is 59.5 Å². The highest BCUT2D eigenvalue weighted by molar-refractivity contribution is 9.10. The lowest BCUT2D eigenvalue weighted by Gasteiger charge is -2.28. The average molecular weight is 573 g/mol. The lowest BCUT2D eigenvalue weighted by Crippen LogP contribution is -2.44. The molecule has 198 valence electrons. The summed E-state index contributed by atoms with van der Waals surface area (Å²) in [5.74, 6) is -1.24. The number of unbranched alkanes of at least 4 members (excludes halogenated alkanes) is 1. The van der Waals surface area contributed by atoms with E-state index in [1.807, 2.05) is 30.5 Å². The fraction of sp³-hybridized carbons (Fsp3) is 0.379. The van der Waals surface area contributed by atoms with E-state index in [4.69, 9.17) is 4.74 Å². The number of halogens is 2. The summed E-state index contributed by atoms with van der Waals surface area (Å²) in [7, 11) is 1.59. The number of benzene rings is 2. The van der Waals surface area contributed by atoms with Crippen molar-refractivity contribution < 1.29 is 18.7 Å². The third-order valence-electron chi connectivity index (χ3n) is 6.17. The minimum Gasteiger partial charge on any atom is -0.385 e. The van der Waals surface area contributed by atoms with Crippen LogP contribution in [0.2, 0.25) is 0 Å². The summed E-state index contributed by atoms with van der Waals surface area (Å²) in [5, 5.41) is 0. The van der Waals surface area contributed by atoms with Crippen molar-refractivity contribution >= 4 is 27.7 Å². The predicted molar refractivity (Wildman–Crippen MR) is 147 cm³/mol. The van der Waals surface area contributed by atoms with Gasteiger partial charge in [-0.05, 0) is 54.8 Å². The number of nitrogens with zero attached hydrogens (tertiary/aromatic N) is 3. The summed E-state index contributed by atoms with van der Waals surface area (Å²) in [6.45, 7) is 4.42. The largest absolute Gasteiger partial charge is 0.385 e. The number of rotatable bonds is 14. The lowest BCUT2D eigenvalue weighted by atomic mass is 10.1. The first-order valence-corrected chi connectivity index (χ1v) is 13.4. The van der Waals surface area contributed by atoms with Crippen LogP contribution in [0.25, 0.3) is 0 Å². The molecule has 0 aliphatic heterocycles. The first-order valence-electron chi connectivity index (χ1n) is 12.6. The zero-order chi connectivity index (χ0) is 26.6. The highest BCUT2D eigenvalue weighted by Gasteiger charge is 2.24. The maximum atomic E-state index is 14.4. The predicted octanol–water partition coefficient (Wildman–Crippen LogP) is 5.75. The second-order valence-corrected chi connectivity index (χ2v) is 9.89. The van der Waals surface area contributed by atoms with Gasteiger partial charge in [0.15, 0.2) is 0 Å². The molecule has 3 aromatic rings. The summed E-state index contributed by atoms with van der Waals surface area (Å²) < 4.78 is 22.7. The van der Waals surface area contributed by atoms with Crippen molar-refractivity contribution in [3.8, 4) is 0 Å². The van der Waals surface area contributed by atoms with Gasteiger partial charge in [0.1, 0.15) is 12.4 Å². The van der Waals surface area contributed by atoms with E-state index in [0.29, 0.717) is 39.2 Å². The van der Waals surface area contributed by atoms with E-state index in [2.05, 4.69) is 39.6 Å². The molecule has 0 bridgehead atoms. The Morgan fingerprint density at radius 2 is 1.70 bits per heavy atom. The summed E-state index contributed by atoms with van der Waals surface area (Å²) in [4.78, 5) is 30.0. The van der Waals surface area contributed by atoms with Gasteiger partial charge in [-0.15, -0.1) is 0 Å². The first-order chi connectivity index (χ1) is 17.9. The molecule has 0 spiro atoms. The molecule has 0 saturated carbocycles. The number of carbonyl (C=O) groups is 2. The second-order valence-electron chi connectivity index (χ2n) is 8.98. The van der Waals surface area contributed by atoms with Crippen LogP contribution in [0.1, 0.15) is 47.8 Å². The lowest BCUT2D eigenvalue weighted by molar-refractivity contribution is -0.132. The average Bonchev–Trinajstić information content (AvgIpc) is 3.33. The molecule has 2 amide bonds. The molecule has 0 N–H and O–H groups in total. The molecule has 37 heavy (non-hydrogen) atoms. The van der Waals surface area contributed by atoms with E-state index in [1.165, 1.54) is 17.0 Å². The Bertz CT molecular complexity index is 1150. The fourth-order valence-corrected chi connectivity index (χ4v) is 4.35. The minimum atomic E-state index is -0.592. The normalized spacial score (nSPS) is 10.9. The van der Waals surface area contributed by atoms with Gasteiger partial charge < -0.3 is 19.1 Å². The van der Waals surface area contributed by atoms with Crippen LogP contribution >= 0.6 is 15.9 Å². The van der Waals surface area contributed by atoms with Gasteiger partial charge in [-0.1, -0.05) is 53.5 Å².